The summed E-state index contributed by atoms with van der Waals surface area (Å²) >= 11 is 3.42. The first-order valence-corrected chi connectivity index (χ1v) is 9.43. The zero-order valence-electron chi connectivity index (χ0n) is 15.3. The number of likely N-dealkylation sites (N-methyl/N-ethyl adjacent to an activating group) is 1. The van der Waals surface area contributed by atoms with Crippen molar-refractivity contribution in [1.82, 2.24) is 4.90 Å². The Labute approximate surface area is 171 Å². The lowest BCUT2D eigenvalue weighted by atomic mass is 10.2. The summed E-state index contributed by atoms with van der Waals surface area (Å²) in [6.45, 7) is 0.705. The zero-order valence-corrected chi connectivity index (χ0v) is 16.9. The smallest absolute Gasteiger partial charge is 0.248 e. The van der Waals surface area contributed by atoms with Crippen LogP contribution in [0.2, 0.25) is 0 Å². The summed E-state index contributed by atoms with van der Waals surface area (Å²) in [6, 6.07) is 18.2. The van der Waals surface area contributed by atoms with Gasteiger partial charge in [-0.1, -0.05) is 28.1 Å². The monoisotopic (exact) mass is 441 g/mol. The highest BCUT2D eigenvalue weighted by Crippen LogP contribution is 2.24. The largest absolute Gasteiger partial charge is 0.460 e. The van der Waals surface area contributed by atoms with Gasteiger partial charge in [-0.3, -0.25) is 14.5 Å². The molecule has 0 spiro atoms. The normalized spacial score (nSPS) is 10.8. The fraction of sp³-hybridized carbons (Fsp3) is 0.143. The van der Waals surface area contributed by atoms with Crippen LogP contribution < -0.4 is 11.1 Å². The average molecular weight is 442 g/mol. The quantitative estimate of drug-likeness (QED) is 0.582. The van der Waals surface area contributed by atoms with E-state index in [1.807, 2.05) is 48.3 Å². The molecule has 7 heteroatoms. The molecule has 1 aromatic heterocycles. The Morgan fingerprint density at radius 1 is 1.04 bits per heavy atom. The van der Waals surface area contributed by atoms with Crippen molar-refractivity contribution in [3.8, 4) is 11.3 Å². The van der Waals surface area contributed by atoms with E-state index in [1.165, 1.54) is 0 Å². The van der Waals surface area contributed by atoms with Crippen molar-refractivity contribution >= 4 is 33.4 Å². The number of carbonyl (C=O) groups excluding carboxylic acids is 2. The van der Waals surface area contributed by atoms with Gasteiger partial charge in [-0.25, -0.2) is 0 Å². The number of rotatable bonds is 7. The number of carbonyl (C=O) groups is 2. The fourth-order valence-corrected chi connectivity index (χ4v) is 2.98. The first-order valence-electron chi connectivity index (χ1n) is 8.63. The van der Waals surface area contributed by atoms with Crippen molar-refractivity contribution in [3.05, 3.63) is 76.5 Å². The molecular weight excluding hydrogens is 422 g/mol. The number of nitrogens with two attached hydrogens (primary N) is 1. The molecule has 3 aromatic rings. The van der Waals surface area contributed by atoms with Crippen molar-refractivity contribution in [2.45, 2.75) is 6.54 Å². The topological polar surface area (TPSA) is 88.6 Å². The molecule has 0 aliphatic carbocycles. The third kappa shape index (κ3) is 5.31. The Kier molecular flexibility index (Phi) is 6.28. The van der Waals surface area contributed by atoms with Crippen molar-refractivity contribution in [3.63, 3.8) is 0 Å². The van der Waals surface area contributed by atoms with Crippen LogP contribution in [0.5, 0.6) is 0 Å². The van der Waals surface area contributed by atoms with Gasteiger partial charge in [0.05, 0.1) is 13.1 Å². The molecule has 6 nitrogen and oxygen atoms in total. The standard InChI is InChI=1S/C21H20BrN3O3/c1-25(13-20(26)24-17-8-4-15(5-9-17)21(23)27)12-18-10-11-19(28-18)14-2-6-16(22)7-3-14/h2-11H,12-13H2,1H3,(H2,23,27)(H,24,26). The van der Waals surface area contributed by atoms with E-state index in [4.69, 9.17) is 10.2 Å². The maximum atomic E-state index is 12.2. The van der Waals surface area contributed by atoms with Crippen LogP contribution >= 0.6 is 15.9 Å². The van der Waals surface area contributed by atoms with E-state index in [2.05, 4.69) is 21.2 Å². The minimum Gasteiger partial charge on any atom is -0.460 e. The molecule has 0 radical (unpaired) electrons. The maximum Gasteiger partial charge on any atom is 0.248 e. The first-order chi connectivity index (χ1) is 13.4. The van der Waals surface area contributed by atoms with E-state index in [0.717, 1.165) is 21.6 Å². The highest BCUT2D eigenvalue weighted by Gasteiger charge is 2.11. The Morgan fingerprint density at radius 2 is 1.71 bits per heavy atom. The van der Waals surface area contributed by atoms with Gasteiger partial charge >= 0.3 is 0 Å². The summed E-state index contributed by atoms with van der Waals surface area (Å²) in [5.74, 6) is 0.904. The summed E-state index contributed by atoms with van der Waals surface area (Å²) in [6.07, 6.45) is 0. The second-order valence-electron chi connectivity index (χ2n) is 6.43. The van der Waals surface area contributed by atoms with Crippen molar-refractivity contribution in [2.24, 2.45) is 5.73 Å². The van der Waals surface area contributed by atoms with Gasteiger partial charge in [0.2, 0.25) is 11.8 Å². The van der Waals surface area contributed by atoms with Gasteiger partial charge in [0.1, 0.15) is 11.5 Å². The molecule has 1 heterocycles. The van der Waals surface area contributed by atoms with E-state index in [9.17, 15) is 9.59 Å². The van der Waals surface area contributed by atoms with Gasteiger partial charge < -0.3 is 15.5 Å². The van der Waals surface area contributed by atoms with E-state index >= 15 is 0 Å². The van der Waals surface area contributed by atoms with Crippen LogP contribution in [0.25, 0.3) is 11.3 Å². The Bertz CT molecular complexity index is 965. The van der Waals surface area contributed by atoms with Crippen LogP contribution in [0.4, 0.5) is 5.69 Å². The van der Waals surface area contributed by atoms with Crippen LogP contribution in [0.3, 0.4) is 0 Å². The zero-order chi connectivity index (χ0) is 20.1. The lowest BCUT2D eigenvalue weighted by molar-refractivity contribution is -0.117. The molecule has 0 atom stereocenters. The van der Waals surface area contributed by atoms with Gasteiger partial charge in [0.15, 0.2) is 0 Å². The number of nitrogens with zero attached hydrogens (tertiary/aromatic N) is 1. The first kappa shape index (κ1) is 19.9. The van der Waals surface area contributed by atoms with Gasteiger partial charge in [0, 0.05) is 21.3 Å². The number of hydrogen-bond acceptors (Lipinski definition) is 4. The van der Waals surface area contributed by atoms with E-state index in [0.29, 0.717) is 17.8 Å². The minimum atomic E-state index is -0.501. The number of primary amides is 1. The number of furan rings is 1. The van der Waals surface area contributed by atoms with Crippen LogP contribution in [0.1, 0.15) is 16.1 Å². The maximum absolute atomic E-state index is 12.2. The molecule has 28 heavy (non-hydrogen) atoms. The second kappa shape index (κ2) is 8.86. The molecule has 144 valence electrons. The number of nitrogens with one attached hydrogen (secondary N) is 1. The molecule has 3 rings (SSSR count). The highest BCUT2D eigenvalue weighted by atomic mass is 79.9. The molecular formula is C21H20BrN3O3. The molecule has 3 N–H and O–H groups in total. The summed E-state index contributed by atoms with van der Waals surface area (Å²) in [5.41, 5.74) is 7.21. The summed E-state index contributed by atoms with van der Waals surface area (Å²) in [5, 5.41) is 2.79. The fourth-order valence-electron chi connectivity index (χ4n) is 2.72. The van der Waals surface area contributed by atoms with Crippen LogP contribution in [-0.4, -0.2) is 30.3 Å². The number of halogens is 1. The SMILES string of the molecule is CN(CC(=O)Nc1ccc(C(N)=O)cc1)Cc1ccc(-c2ccc(Br)cc2)o1. The van der Waals surface area contributed by atoms with E-state index < -0.39 is 5.91 Å². The lowest BCUT2D eigenvalue weighted by Crippen LogP contribution is -2.29. The predicted octanol–water partition coefficient (Wildman–Crippen LogP) is 3.88. The van der Waals surface area contributed by atoms with Gasteiger partial charge in [-0.2, -0.15) is 0 Å². The van der Waals surface area contributed by atoms with Crippen LogP contribution in [-0.2, 0) is 11.3 Å². The summed E-state index contributed by atoms with van der Waals surface area (Å²) in [4.78, 5) is 25.1. The second-order valence-corrected chi connectivity index (χ2v) is 7.35. The van der Waals surface area contributed by atoms with Gasteiger partial charge in [-0.15, -0.1) is 0 Å². The van der Waals surface area contributed by atoms with Crippen molar-refractivity contribution in [2.75, 3.05) is 18.9 Å². The molecule has 0 saturated heterocycles. The predicted molar refractivity (Wildman–Crippen MR) is 112 cm³/mol. The molecule has 0 fully saturated rings. The Balaban J connectivity index is 1.53. The molecule has 0 aliphatic heterocycles. The van der Waals surface area contributed by atoms with Gasteiger partial charge in [0.25, 0.3) is 0 Å². The van der Waals surface area contributed by atoms with Crippen molar-refractivity contribution in [1.29, 1.82) is 0 Å². The summed E-state index contributed by atoms with van der Waals surface area (Å²) in [7, 11) is 1.84. The molecule has 2 aromatic carbocycles. The van der Waals surface area contributed by atoms with Crippen molar-refractivity contribution < 1.29 is 14.0 Å². The molecule has 0 unspecified atom stereocenters. The molecule has 0 aliphatic rings. The third-order valence-corrected chi connectivity index (χ3v) is 4.61. The Morgan fingerprint density at radius 3 is 2.36 bits per heavy atom. The number of amides is 2. The average Bonchev–Trinajstić information content (AvgIpc) is 3.10. The number of hydrogen-bond donors (Lipinski definition) is 2. The summed E-state index contributed by atoms with van der Waals surface area (Å²) < 4.78 is 6.90. The molecule has 0 bridgehead atoms. The van der Waals surface area contributed by atoms with E-state index in [1.54, 1.807) is 24.3 Å². The number of anilines is 1. The third-order valence-electron chi connectivity index (χ3n) is 4.08. The van der Waals surface area contributed by atoms with Gasteiger partial charge in [-0.05, 0) is 55.6 Å². The van der Waals surface area contributed by atoms with Crippen LogP contribution in [0.15, 0.2) is 69.6 Å². The molecule has 0 saturated carbocycles. The molecule has 2 amide bonds. The lowest BCUT2D eigenvalue weighted by Gasteiger charge is -2.15. The minimum absolute atomic E-state index is 0.158. The Hall–Kier alpha value is -2.90. The highest BCUT2D eigenvalue weighted by molar-refractivity contribution is 9.10. The number of benzene rings is 2. The van der Waals surface area contributed by atoms with Crippen LogP contribution in [0, 0.1) is 0 Å². The van der Waals surface area contributed by atoms with E-state index in [-0.39, 0.29) is 12.5 Å².